The number of fused-ring (bicyclic) bond motifs is 2. The van der Waals surface area contributed by atoms with Gasteiger partial charge in [0.05, 0.1) is 18.9 Å². The van der Waals surface area contributed by atoms with E-state index in [0.29, 0.717) is 12.8 Å². The predicted octanol–water partition coefficient (Wildman–Crippen LogP) is 0.747. The summed E-state index contributed by atoms with van der Waals surface area (Å²) in [5.41, 5.74) is 0. The quantitative estimate of drug-likeness (QED) is 0.583. The maximum absolute atomic E-state index is 11.4. The Kier molecular flexibility index (Phi) is 2.21. The van der Waals surface area contributed by atoms with E-state index in [2.05, 4.69) is 0 Å². The molecule has 0 amide bonds. The third-order valence-corrected chi connectivity index (χ3v) is 3.31. The smallest absolute Gasteiger partial charge is 0.310 e. The molecule has 0 aromatic heterocycles. The molecule has 4 nitrogen and oxygen atoms in total. The number of hydrogen-bond acceptors (Lipinski definition) is 4. The molecule has 4 heteroatoms. The highest BCUT2D eigenvalue weighted by atomic mass is 16.6. The Morgan fingerprint density at radius 2 is 2.21 bits per heavy atom. The van der Waals surface area contributed by atoms with E-state index in [4.69, 9.17) is 9.47 Å². The van der Waals surface area contributed by atoms with Gasteiger partial charge in [0, 0.05) is 0 Å². The summed E-state index contributed by atoms with van der Waals surface area (Å²) >= 11 is 0. The number of carbonyl (C=O) groups excluding carboxylic acids is 2. The summed E-state index contributed by atoms with van der Waals surface area (Å²) in [6, 6.07) is 0. The Bertz CT molecular complexity index is 273. The van der Waals surface area contributed by atoms with Crippen LogP contribution in [0.3, 0.4) is 0 Å². The molecule has 0 radical (unpaired) electrons. The lowest BCUT2D eigenvalue weighted by molar-refractivity contribution is -0.153. The van der Waals surface area contributed by atoms with Crippen molar-refractivity contribution in [1.29, 1.82) is 0 Å². The lowest BCUT2D eigenvalue weighted by Crippen LogP contribution is -2.34. The minimum atomic E-state index is -0.291. The second-order valence-electron chi connectivity index (χ2n) is 4.16. The van der Waals surface area contributed by atoms with Crippen LogP contribution in [0.15, 0.2) is 0 Å². The monoisotopic (exact) mass is 198 g/mol. The predicted molar refractivity (Wildman–Crippen MR) is 47.3 cm³/mol. The zero-order valence-corrected chi connectivity index (χ0v) is 8.36. The van der Waals surface area contributed by atoms with E-state index in [1.54, 1.807) is 0 Å². The van der Waals surface area contributed by atoms with E-state index < -0.39 is 0 Å². The summed E-state index contributed by atoms with van der Waals surface area (Å²) in [5.74, 6) is -0.791. The van der Waals surface area contributed by atoms with Gasteiger partial charge in [-0.25, -0.2) is 0 Å². The Hall–Kier alpha value is -1.06. The molecule has 78 valence electrons. The van der Waals surface area contributed by atoms with Crippen LogP contribution in [0.1, 0.15) is 19.8 Å². The van der Waals surface area contributed by atoms with Crippen LogP contribution in [0.25, 0.3) is 0 Å². The minimum Gasteiger partial charge on any atom is -0.469 e. The SMILES string of the molecule is COC(=O)C1C[C@@H](C)C2CC1C(=O)O2. The van der Waals surface area contributed by atoms with Gasteiger partial charge in [0.25, 0.3) is 0 Å². The number of methoxy groups -OCH3 is 1. The number of rotatable bonds is 1. The fraction of sp³-hybridized carbons (Fsp3) is 0.800. The van der Waals surface area contributed by atoms with E-state index in [0.717, 1.165) is 0 Å². The molecule has 2 fully saturated rings. The van der Waals surface area contributed by atoms with Gasteiger partial charge in [-0.2, -0.15) is 0 Å². The Labute approximate surface area is 82.6 Å². The Morgan fingerprint density at radius 3 is 2.86 bits per heavy atom. The van der Waals surface area contributed by atoms with Crippen LogP contribution in [0, 0.1) is 17.8 Å². The van der Waals surface area contributed by atoms with Gasteiger partial charge in [0.2, 0.25) is 0 Å². The first kappa shape index (κ1) is 9.49. The van der Waals surface area contributed by atoms with Crippen molar-refractivity contribution in [2.75, 3.05) is 7.11 Å². The maximum atomic E-state index is 11.4. The molecular formula is C10H14O4. The summed E-state index contributed by atoms with van der Waals surface area (Å²) in [7, 11) is 1.36. The number of esters is 2. The molecule has 0 N–H and O–H groups in total. The standard InChI is InChI=1S/C10H14O4/c1-5-3-6(9(11)13-2)7-4-8(5)14-10(7)12/h5-8H,3-4H2,1-2H3/t5-,6?,7?,8?/m1/s1. The Balaban J connectivity index is 2.18. The van der Waals surface area contributed by atoms with Crippen molar-refractivity contribution in [1.82, 2.24) is 0 Å². The fourth-order valence-electron chi connectivity index (χ4n) is 2.44. The first-order valence-corrected chi connectivity index (χ1v) is 4.91. The molecule has 2 rings (SSSR count). The molecule has 4 atom stereocenters. The van der Waals surface area contributed by atoms with E-state index in [9.17, 15) is 9.59 Å². The molecule has 14 heavy (non-hydrogen) atoms. The van der Waals surface area contributed by atoms with E-state index in [1.165, 1.54) is 7.11 Å². The lowest BCUT2D eigenvalue weighted by atomic mass is 9.75. The van der Waals surface area contributed by atoms with E-state index >= 15 is 0 Å². The summed E-state index contributed by atoms with van der Waals surface area (Å²) in [4.78, 5) is 22.8. The Morgan fingerprint density at radius 1 is 1.50 bits per heavy atom. The summed E-state index contributed by atoms with van der Waals surface area (Å²) < 4.78 is 9.87. The molecule has 0 aromatic rings. The van der Waals surface area contributed by atoms with Gasteiger partial charge in [-0.1, -0.05) is 6.92 Å². The van der Waals surface area contributed by atoms with Crippen molar-refractivity contribution in [3.63, 3.8) is 0 Å². The van der Waals surface area contributed by atoms with Crippen LogP contribution in [0.4, 0.5) is 0 Å². The molecule has 3 unspecified atom stereocenters. The average molecular weight is 198 g/mol. The van der Waals surface area contributed by atoms with Crippen molar-refractivity contribution in [3.8, 4) is 0 Å². The first-order chi connectivity index (χ1) is 6.63. The van der Waals surface area contributed by atoms with Crippen molar-refractivity contribution in [2.24, 2.45) is 17.8 Å². The van der Waals surface area contributed by atoms with Crippen molar-refractivity contribution < 1.29 is 19.1 Å². The van der Waals surface area contributed by atoms with Crippen LogP contribution in [0.2, 0.25) is 0 Å². The van der Waals surface area contributed by atoms with Crippen LogP contribution in [0.5, 0.6) is 0 Å². The van der Waals surface area contributed by atoms with Gasteiger partial charge in [-0.15, -0.1) is 0 Å². The zero-order valence-electron chi connectivity index (χ0n) is 8.36. The molecule has 0 aromatic carbocycles. The summed E-state index contributed by atoms with van der Waals surface area (Å²) in [6.07, 6.45) is 1.40. The number of ether oxygens (including phenoxy) is 2. The third kappa shape index (κ3) is 1.29. The van der Waals surface area contributed by atoms with Crippen molar-refractivity contribution >= 4 is 11.9 Å². The maximum Gasteiger partial charge on any atom is 0.310 e. The summed E-state index contributed by atoms with van der Waals surface area (Å²) in [6.45, 7) is 2.01. The van der Waals surface area contributed by atoms with Gasteiger partial charge < -0.3 is 9.47 Å². The van der Waals surface area contributed by atoms with E-state index in [1.807, 2.05) is 6.92 Å². The second kappa shape index (κ2) is 3.26. The highest BCUT2D eigenvalue weighted by molar-refractivity contribution is 5.84. The van der Waals surface area contributed by atoms with Gasteiger partial charge in [0.15, 0.2) is 0 Å². The van der Waals surface area contributed by atoms with Crippen LogP contribution < -0.4 is 0 Å². The molecule has 1 aliphatic carbocycles. The normalized spacial score (nSPS) is 40.6. The number of hydrogen-bond donors (Lipinski definition) is 0. The van der Waals surface area contributed by atoms with Crippen molar-refractivity contribution in [2.45, 2.75) is 25.9 Å². The first-order valence-electron chi connectivity index (χ1n) is 4.91. The third-order valence-electron chi connectivity index (χ3n) is 3.31. The molecule has 1 saturated heterocycles. The van der Waals surface area contributed by atoms with Crippen LogP contribution in [-0.2, 0) is 19.1 Å². The molecule has 1 heterocycles. The second-order valence-corrected chi connectivity index (χ2v) is 4.16. The summed E-state index contributed by atoms with van der Waals surface area (Å²) in [5, 5.41) is 0. The minimum absolute atomic E-state index is 0.0217. The van der Waals surface area contributed by atoms with Gasteiger partial charge in [-0.3, -0.25) is 9.59 Å². The van der Waals surface area contributed by atoms with Gasteiger partial charge in [0.1, 0.15) is 6.10 Å². The molecule has 1 aliphatic heterocycles. The molecule has 2 bridgehead atoms. The highest BCUT2D eigenvalue weighted by Crippen LogP contribution is 2.42. The van der Waals surface area contributed by atoms with Crippen LogP contribution in [-0.4, -0.2) is 25.2 Å². The molecule has 2 aliphatic rings. The molecular weight excluding hydrogens is 184 g/mol. The van der Waals surface area contributed by atoms with Crippen molar-refractivity contribution in [3.05, 3.63) is 0 Å². The van der Waals surface area contributed by atoms with E-state index in [-0.39, 0.29) is 35.8 Å². The largest absolute Gasteiger partial charge is 0.469 e. The average Bonchev–Trinajstić information content (AvgIpc) is 2.50. The molecule has 1 saturated carbocycles. The van der Waals surface area contributed by atoms with Gasteiger partial charge in [-0.05, 0) is 18.8 Å². The van der Waals surface area contributed by atoms with Crippen LogP contribution >= 0.6 is 0 Å². The zero-order chi connectivity index (χ0) is 10.3. The molecule has 0 spiro atoms. The highest BCUT2D eigenvalue weighted by Gasteiger charge is 2.50. The number of carbonyl (C=O) groups is 2. The lowest BCUT2D eigenvalue weighted by Gasteiger charge is -2.27. The van der Waals surface area contributed by atoms with Gasteiger partial charge >= 0.3 is 11.9 Å². The fourth-order valence-corrected chi connectivity index (χ4v) is 2.44. The topological polar surface area (TPSA) is 52.6 Å².